The molecule has 4 aromatic rings. The third kappa shape index (κ3) is 5.64. The molecule has 174 valence electrons. The Kier molecular flexibility index (Phi) is 7.60. The van der Waals surface area contributed by atoms with Gasteiger partial charge in [0.15, 0.2) is 0 Å². The Balaban J connectivity index is 1.36. The number of aromatic amines is 1. The standard InChI is InChI=1S/C28H29N3O3/c1-34-22-15-13-20(14-16-22)24(25-19-30-26-11-6-5-10-23(25)26)18-31-27(32)12-7-17-29-28(33)21-8-3-2-4-9-21/h2-6,8-11,13-16,19,24,30H,7,12,17-18H2,1H3,(H,29,33)(H,31,32). The van der Waals surface area contributed by atoms with Crippen LogP contribution in [0.1, 0.15) is 40.2 Å². The number of carbonyl (C=O) groups excluding carboxylic acids is 2. The number of hydrogen-bond donors (Lipinski definition) is 3. The van der Waals surface area contributed by atoms with E-state index in [0.717, 1.165) is 27.8 Å². The molecule has 0 radical (unpaired) electrons. The number of fused-ring (bicyclic) bond motifs is 1. The van der Waals surface area contributed by atoms with Gasteiger partial charge in [-0.25, -0.2) is 0 Å². The Morgan fingerprint density at radius 3 is 2.41 bits per heavy atom. The monoisotopic (exact) mass is 455 g/mol. The van der Waals surface area contributed by atoms with Crippen LogP contribution in [0.2, 0.25) is 0 Å². The van der Waals surface area contributed by atoms with Crippen LogP contribution in [0.15, 0.2) is 85.1 Å². The van der Waals surface area contributed by atoms with Gasteiger partial charge in [-0.3, -0.25) is 9.59 Å². The lowest BCUT2D eigenvalue weighted by Gasteiger charge is -2.19. The summed E-state index contributed by atoms with van der Waals surface area (Å²) in [7, 11) is 1.65. The van der Waals surface area contributed by atoms with Crippen molar-refractivity contribution in [3.63, 3.8) is 0 Å². The molecule has 0 aliphatic rings. The maximum atomic E-state index is 12.6. The number of carbonyl (C=O) groups is 2. The maximum absolute atomic E-state index is 12.6. The number of ether oxygens (including phenoxy) is 1. The number of nitrogens with one attached hydrogen (secondary N) is 3. The van der Waals surface area contributed by atoms with Crippen molar-refractivity contribution in [2.75, 3.05) is 20.2 Å². The van der Waals surface area contributed by atoms with Crippen molar-refractivity contribution in [1.29, 1.82) is 0 Å². The van der Waals surface area contributed by atoms with Crippen LogP contribution in [0.3, 0.4) is 0 Å². The highest BCUT2D eigenvalue weighted by atomic mass is 16.5. The first kappa shape index (κ1) is 23.1. The summed E-state index contributed by atoms with van der Waals surface area (Å²) in [5.41, 5.74) is 3.92. The molecule has 6 nitrogen and oxygen atoms in total. The minimum atomic E-state index is -0.125. The summed E-state index contributed by atoms with van der Waals surface area (Å²) in [6.07, 6.45) is 2.94. The highest BCUT2D eigenvalue weighted by Crippen LogP contribution is 2.31. The van der Waals surface area contributed by atoms with E-state index in [-0.39, 0.29) is 17.7 Å². The molecule has 3 aromatic carbocycles. The quantitative estimate of drug-likeness (QED) is 0.305. The lowest BCUT2D eigenvalue weighted by atomic mass is 9.90. The Bertz CT molecular complexity index is 1230. The van der Waals surface area contributed by atoms with E-state index in [0.29, 0.717) is 31.5 Å². The van der Waals surface area contributed by atoms with Crippen molar-refractivity contribution in [1.82, 2.24) is 15.6 Å². The summed E-state index contributed by atoms with van der Waals surface area (Å²) in [5.74, 6) is 0.624. The second-order valence-corrected chi connectivity index (χ2v) is 8.14. The molecule has 0 saturated carbocycles. The fraction of sp³-hybridized carbons (Fsp3) is 0.214. The minimum Gasteiger partial charge on any atom is -0.497 e. The third-order valence-corrected chi connectivity index (χ3v) is 5.92. The molecule has 2 amide bonds. The highest BCUT2D eigenvalue weighted by Gasteiger charge is 2.19. The Morgan fingerprint density at radius 1 is 0.912 bits per heavy atom. The SMILES string of the molecule is COc1ccc(C(CNC(=O)CCCNC(=O)c2ccccc2)c2c[nH]c3ccccc23)cc1. The van der Waals surface area contributed by atoms with Crippen molar-refractivity contribution in [3.05, 3.63) is 102 Å². The summed E-state index contributed by atoms with van der Waals surface area (Å²) in [6.45, 7) is 0.925. The van der Waals surface area contributed by atoms with Crippen LogP contribution >= 0.6 is 0 Å². The smallest absolute Gasteiger partial charge is 0.251 e. The first-order valence-corrected chi connectivity index (χ1v) is 11.5. The van der Waals surface area contributed by atoms with Gasteiger partial charge in [0, 0.05) is 48.1 Å². The van der Waals surface area contributed by atoms with E-state index in [9.17, 15) is 9.59 Å². The van der Waals surface area contributed by atoms with Crippen LogP contribution in [0.25, 0.3) is 10.9 Å². The van der Waals surface area contributed by atoms with E-state index in [4.69, 9.17) is 4.74 Å². The topological polar surface area (TPSA) is 83.2 Å². The van der Waals surface area contributed by atoms with Gasteiger partial charge in [-0.05, 0) is 47.9 Å². The number of para-hydroxylation sites is 1. The van der Waals surface area contributed by atoms with Crippen molar-refractivity contribution in [2.45, 2.75) is 18.8 Å². The molecule has 1 atom stereocenters. The number of amides is 2. The second-order valence-electron chi connectivity index (χ2n) is 8.14. The van der Waals surface area contributed by atoms with E-state index in [1.54, 1.807) is 19.2 Å². The van der Waals surface area contributed by atoms with Gasteiger partial charge in [0.05, 0.1) is 7.11 Å². The number of rotatable bonds is 10. The summed E-state index contributed by atoms with van der Waals surface area (Å²) in [6, 6.07) is 25.2. The maximum Gasteiger partial charge on any atom is 0.251 e. The fourth-order valence-electron chi connectivity index (χ4n) is 4.07. The molecule has 0 saturated heterocycles. The number of benzene rings is 3. The molecule has 0 spiro atoms. The second kappa shape index (κ2) is 11.2. The number of H-pyrrole nitrogens is 1. The fourth-order valence-corrected chi connectivity index (χ4v) is 4.07. The van der Waals surface area contributed by atoms with Gasteiger partial charge in [0.25, 0.3) is 5.91 Å². The molecule has 0 bridgehead atoms. The normalized spacial score (nSPS) is 11.7. The Labute approximate surface area is 199 Å². The van der Waals surface area contributed by atoms with Crippen LogP contribution < -0.4 is 15.4 Å². The van der Waals surface area contributed by atoms with Crippen LogP contribution in [0.4, 0.5) is 0 Å². The van der Waals surface area contributed by atoms with Gasteiger partial charge in [0.1, 0.15) is 5.75 Å². The lowest BCUT2D eigenvalue weighted by molar-refractivity contribution is -0.121. The summed E-state index contributed by atoms with van der Waals surface area (Å²) < 4.78 is 5.30. The lowest BCUT2D eigenvalue weighted by Crippen LogP contribution is -2.30. The van der Waals surface area contributed by atoms with Crippen molar-refractivity contribution < 1.29 is 14.3 Å². The van der Waals surface area contributed by atoms with Crippen molar-refractivity contribution in [3.8, 4) is 5.75 Å². The van der Waals surface area contributed by atoms with E-state index in [1.807, 2.05) is 66.9 Å². The molecule has 1 unspecified atom stereocenters. The summed E-state index contributed by atoms with van der Waals surface area (Å²) in [5, 5.41) is 7.09. The Morgan fingerprint density at radius 2 is 1.65 bits per heavy atom. The largest absolute Gasteiger partial charge is 0.497 e. The van der Waals surface area contributed by atoms with Crippen molar-refractivity contribution >= 4 is 22.7 Å². The highest BCUT2D eigenvalue weighted by molar-refractivity contribution is 5.94. The van der Waals surface area contributed by atoms with Gasteiger partial charge in [-0.15, -0.1) is 0 Å². The van der Waals surface area contributed by atoms with Crippen LogP contribution in [-0.2, 0) is 4.79 Å². The van der Waals surface area contributed by atoms with Crippen LogP contribution in [0.5, 0.6) is 5.75 Å². The van der Waals surface area contributed by atoms with E-state index in [1.165, 1.54) is 0 Å². The van der Waals surface area contributed by atoms with E-state index >= 15 is 0 Å². The van der Waals surface area contributed by atoms with Gasteiger partial charge in [0.2, 0.25) is 5.91 Å². The number of methoxy groups -OCH3 is 1. The molecule has 34 heavy (non-hydrogen) atoms. The Hall–Kier alpha value is -4.06. The zero-order chi connectivity index (χ0) is 23.8. The van der Waals surface area contributed by atoms with Crippen molar-refractivity contribution in [2.24, 2.45) is 0 Å². The zero-order valence-corrected chi connectivity index (χ0v) is 19.2. The molecule has 3 N–H and O–H groups in total. The molecule has 0 fully saturated rings. The molecule has 4 rings (SSSR count). The van der Waals surface area contributed by atoms with Gasteiger partial charge in [-0.1, -0.05) is 48.5 Å². The minimum absolute atomic E-state index is 0.0104. The summed E-state index contributed by atoms with van der Waals surface area (Å²) in [4.78, 5) is 28.0. The van der Waals surface area contributed by atoms with Gasteiger partial charge in [-0.2, -0.15) is 0 Å². The molecule has 1 aromatic heterocycles. The average Bonchev–Trinajstić information content (AvgIpc) is 3.31. The zero-order valence-electron chi connectivity index (χ0n) is 19.2. The molecule has 1 heterocycles. The predicted octanol–water partition coefficient (Wildman–Crippen LogP) is 4.63. The van der Waals surface area contributed by atoms with E-state index < -0.39 is 0 Å². The van der Waals surface area contributed by atoms with Gasteiger partial charge >= 0.3 is 0 Å². The molecular formula is C28H29N3O3. The van der Waals surface area contributed by atoms with E-state index in [2.05, 4.69) is 21.7 Å². The molecule has 6 heteroatoms. The molecule has 0 aliphatic heterocycles. The molecule has 0 aliphatic carbocycles. The third-order valence-electron chi connectivity index (χ3n) is 5.92. The van der Waals surface area contributed by atoms with Gasteiger partial charge < -0.3 is 20.4 Å². The molecular weight excluding hydrogens is 426 g/mol. The average molecular weight is 456 g/mol. The van der Waals surface area contributed by atoms with Crippen LogP contribution in [-0.4, -0.2) is 37.0 Å². The summed E-state index contributed by atoms with van der Waals surface area (Å²) >= 11 is 0. The predicted molar refractivity (Wildman–Crippen MR) is 134 cm³/mol. The van der Waals surface area contributed by atoms with Crippen LogP contribution in [0, 0.1) is 0 Å². The number of aromatic nitrogens is 1. The number of hydrogen-bond acceptors (Lipinski definition) is 3. The first-order chi connectivity index (χ1) is 16.7. The first-order valence-electron chi connectivity index (χ1n) is 11.5.